The second kappa shape index (κ2) is 11.8. The Morgan fingerprint density at radius 2 is 1.81 bits per heavy atom. The van der Waals surface area contributed by atoms with Crippen LogP contribution < -0.4 is 16.2 Å². The zero-order valence-corrected chi connectivity index (χ0v) is 24.5. The Hall–Kier alpha value is -3.86. The Balaban J connectivity index is 1.22. The highest BCUT2D eigenvalue weighted by molar-refractivity contribution is 5.77. The minimum atomic E-state index is -1.14. The van der Waals surface area contributed by atoms with E-state index in [-0.39, 0.29) is 12.1 Å². The third-order valence-electron chi connectivity index (χ3n) is 8.56. The zero-order valence-electron chi connectivity index (χ0n) is 24.5. The lowest BCUT2D eigenvalue weighted by Crippen LogP contribution is -2.49. The van der Waals surface area contributed by atoms with Crippen molar-refractivity contribution in [3.8, 4) is 5.82 Å². The number of benzene rings is 1. The van der Waals surface area contributed by atoms with Crippen molar-refractivity contribution in [2.24, 2.45) is 0 Å². The molecule has 0 bridgehead atoms. The van der Waals surface area contributed by atoms with E-state index in [4.69, 9.17) is 4.98 Å². The lowest BCUT2D eigenvalue weighted by molar-refractivity contribution is 0.0738. The molecule has 0 radical (unpaired) electrons. The topological polar surface area (TPSA) is 113 Å². The van der Waals surface area contributed by atoms with Gasteiger partial charge in [0.1, 0.15) is 11.0 Å². The lowest BCUT2D eigenvalue weighted by atomic mass is 9.81. The summed E-state index contributed by atoms with van der Waals surface area (Å²) in [5.74, 6) is 1.45. The van der Waals surface area contributed by atoms with Crippen molar-refractivity contribution in [2.45, 2.75) is 63.6 Å². The van der Waals surface area contributed by atoms with Crippen molar-refractivity contribution < 1.29 is 5.11 Å². The number of anilines is 2. The smallest absolute Gasteiger partial charge is 0.278 e. The molecular weight excluding hydrogens is 528 g/mol. The molecule has 0 atom stereocenters. The Morgan fingerprint density at radius 1 is 1.07 bits per heavy atom. The number of piperazine rings is 1. The first-order valence-electron chi connectivity index (χ1n) is 14.9. The molecule has 1 saturated carbocycles. The third-order valence-corrected chi connectivity index (χ3v) is 8.56. The molecule has 2 aliphatic rings. The molecule has 2 fully saturated rings. The first-order chi connectivity index (χ1) is 20.3. The summed E-state index contributed by atoms with van der Waals surface area (Å²) in [6.07, 6.45) is 8.18. The van der Waals surface area contributed by atoms with Gasteiger partial charge in [-0.3, -0.25) is 9.69 Å². The van der Waals surface area contributed by atoms with E-state index in [0.717, 1.165) is 24.8 Å². The number of rotatable bonds is 8. The Kier molecular flexibility index (Phi) is 7.94. The van der Waals surface area contributed by atoms with Crippen LogP contribution in [0.2, 0.25) is 0 Å². The first kappa shape index (κ1) is 28.3. The molecule has 3 aromatic heterocycles. The molecule has 3 N–H and O–H groups in total. The SMILES string of the molecule is C=CCn1c(=O)c2cnc(Nc3ccc(C4CCC(N5CCNCC5)CC4)cc3)nc2n1-c1cccc(C(C)(C)O)n1. The zero-order chi connectivity index (χ0) is 29.3. The minimum absolute atomic E-state index is 0.233. The molecule has 0 spiro atoms. The Bertz CT molecular complexity index is 1600. The number of fused-ring (bicyclic) bond motifs is 1. The summed E-state index contributed by atoms with van der Waals surface area (Å²) < 4.78 is 3.19. The number of pyridine rings is 1. The number of aliphatic hydroxyl groups is 1. The van der Waals surface area contributed by atoms with E-state index in [9.17, 15) is 9.90 Å². The highest BCUT2D eigenvalue weighted by Crippen LogP contribution is 2.35. The fourth-order valence-electron chi connectivity index (χ4n) is 6.28. The van der Waals surface area contributed by atoms with E-state index in [1.54, 1.807) is 42.9 Å². The molecule has 4 heterocycles. The summed E-state index contributed by atoms with van der Waals surface area (Å²) in [7, 11) is 0. The molecule has 1 aliphatic carbocycles. The van der Waals surface area contributed by atoms with Crippen molar-refractivity contribution in [1.82, 2.24) is 34.5 Å². The third kappa shape index (κ3) is 5.74. The molecule has 10 nitrogen and oxygen atoms in total. The molecule has 220 valence electrons. The van der Waals surface area contributed by atoms with Gasteiger partial charge in [0, 0.05) is 44.1 Å². The number of hydrogen-bond donors (Lipinski definition) is 3. The van der Waals surface area contributed by atoms with Crippen molar-refractivity contribution >= 4 is 22.7 Å². The fourth-order valence-corrected chi connectivity index (χ4v) is 6.28. The van der Waals surface area contributed by atoms with Crippen molar-refractivity contribution in [2.75, 3.05) is 31.5 Å². The average molecular weight is 569 g/mol. The fraction of sp³-hybridized carbons (Fsp3) is 0.438. The van der Waals surface area contributed by atoms with Gasteiger partial charge in [-0.2, -0.15) is 4.98 Å². The van der Waals surface area contributed by atoms with Crippen LogP contribution in [-0.4, -0.2) is 66.5 Å². The highest BCUT2D eigenvalue weighted by atomic mass is 16.3. The van der Waals surface area contributed by atoms with Gasteiger partial charge < -0.3 is 15.7 Å². The molecule has 0 unspecified atom stereocenters. The van der Waals surface area contributed by atoms with E-state index in [0.29, 0.717) is 34.4 Å². The molecule has 0 amide bonds. The van der Waals surface area contributed by atoms with Crippen LogP contribution in [0.1, 0.15) is 56.7 Å². The predicted octanol–water partition coefficient (Wildman–Crippen LogP) is 4.07. The van der Waals surface area contributed by atoms with E-state index in [2.05, 4.69) is 56.3 Å². The largest absolute Gasteiger partial charge is 0.384 e. The summed E-state index contributed by atoms with van der Waals surface area (Å²) in [6, 6.07) is 14.7. The Morgan fingerprint density at radius 3 is 2.50 bits per heavy atom. The molecule has 4 aromatic rings. The summed E-state index contributed by atoms with van der Waals surface area (Å²) in [6.45, 7) is 12.0. The van der Waals surface area contributed by atoms with E-state index in [1.807, 2.05) is 6.07 Å². The van der Waals surface area contributed by atoms with E-state index >= 15 is 0 Å². The quantitative estimate of drug-likeness (QED) is 0.273. The van der Waals surface area contributed by atoms with Gasteiger partial charge in [0.05, 0.1) is 12.2 Å². The van der Waals surface area contributed by atoms with Crippen LogP contribution in [0.3, 0.4) is 0 Å². The summed E-state index contributed by atoms with van der Waals surface area (Å²) in [5, 5.41) is 17.7. The summed E-state index contributed by atoms with van der Waals surface area (Å²) >= 11 is 0. The predicted molar refractivity (Wildman–Crippen MR) is 166 cm³/mol. The maximum absolute atomic E-state index is 13.3. The standard InChI is InChI=1S/C32H40N8O2/c1-4-18-39-30(41)26-21-34-31(37-29(26)40(39)28-7-5-6-27(36-28)32(2,3)42)35-24-12-8-22(9-13-24)23-10-14-25(15-11-23)38-19-16-33-17-20-38/h4-9,12-13,21,23,25,33,42H,1,10-11,14-20H2,2-3H3,(H,34,35,37). The van der Waals surface area contributed by atoms with E-state index < -0.39 is 5.60 Å². The van der Waals surface area contributed by atoms with Gasteiger partial charge in [0.25, 0.3) is 5.56 Å². The molecule has 1 aliphatic heterocycles. The Labute approximate surface area is 246 Å². The second-order valence-corrected chi connectivity index (χ2v) is 11.9. The van der Waals surface area contributed by atoms with Gasteiger partial charge in [-0.25, -0.2) is 19.3 Å². The monoisotopic (exact) mass is 568 g/mol. The molecular formula is C32H40N8O2. The maximum Gasteiger partial charge on any atom is 0.278 e. The van der Waals surface area contributed by atoms with Crippen molar-refractivity contribution in [3.05, 3.63) is 82.9 Å². The summed E-state index contributed by atoms with van der Waals surface area (Å²) in [4.78, 5) is 29.8. The van der Waals surface area contributed by atoms with Crippen molar-refractivity contribution in [3.63, 3.8) is 0 Å². The van der Waals surface area contributed by atoms with Crippen molar-refractivity contribution in [1.29, 1.82) is 0 Å². The van der Waals surface area contributed by atoms with Gasteiger partial charge >= 0.3 is 0 Å². The van der Waals surface area contributed by atoms with Crippen LogP contribution in [0, 0.1) is 0 Å². The summed E-state index contributed by atoms with van der Waals surface area (Å²) in [5.41, 5.74) is 1.81. The first-order valence-corrected chi connectivity index (χ1v) is 14.9. The number of hydrogen-bond acceptors (Lipinski definition) is 8. The van der Waals surface area contributed by atoms with Gasteiger partial charge in [0.2, 0.25) is 5.95 Å². The molecule has 42 heavy (non-hydrogen) atoms. The van der Waals surface area contributed by atoms with Gasteiger partial charge in [-0.1, -0.05) is 24.3 Å². The van der Waals surface area contributed by atoms with E-state index in [1.165, 1.54) is 49.0 Å². The second-order valence-electron chi connectivity index (χ2n) is 11.9. The van der Waals surface area contributed by atoms with Gasteiger partial charge in [0.15, 0.2) is 11.5 Å². The molecule has 10 heteroatoms. The van der Waals surface area contributed by atoms with Crippen LogP contribution in [0.25, 0.3) is 16.9 Å². The van der Waals surface area contributed by atoms with Crippen LogP contribution in [-0.2, 0) is 12.1 Å². The van der Waals surface area contributed by atoms with Crippen LogP contribution >= 0.6 is 0 Å². The molecule has 1 saturated heterocycles. The van der Waals surface area contributed by atoms with Crippen LogP contribution in [0.5, 0.6) is 0 Å². The van der Waals surface area contributed by atoms with Gasteiger partial charge in [-0.05, 0) is 75.3 Å². The van der Waals surface area contributed by atoms with Crippen LogP contribution in [0.4, 0.5) is 11.6 Å². The normalized spacial score (nSPS) is 20.1. The number of nitrogens with zero attached hydrogens (tertiary/aromatic N) is 6. The number of allylic oxidation sites excluding steroid dienone is 1. The molecule has 1 aromatic carbocycles. The van der Waals surface area contributed by atoms with Gasteiger partial charge in [-0.15, -0.1) is 6.58 Å². The number of nitrogens with one attached hydrogen (secondary N) is 2. The molecule has 6 rings (SSSR count). The maximum atomic E-state index is 13.3. The average Bonchev–Trinajstić information content (AvgIpc) is 3.28. The lowest BCUT2D eigenvalue weighted by Gasteiger charge is -2.39. The minimum Gasteiger partial charge on any atom is -0.384 e. The van der Waals surface area contributed by atoms with Crippen LogP contribution in [0.15, 0.2) is 66.1 Å². The highest BCUT2D eigenvalue weighted by Gasteiger charge is 2.27. The number of aromatic nitrogens is 5.